The predicted molar refractivity (Wildman–Crippen MR) is 90.3 cm³/mol. The second-order valence-electron chi connectivity index (χ2n) is 5.31. The Hall–Kier alpha value is -1.87. The lowest BCUT2D eigenvalue weighted by Crippen LogP contribution is -2.33. The van der Waals surface area contributed by atoms with E-state index in [0.717, 1.165) is 12.0 Å². The molecule has 2 aromatic rings. The average molecular weight is 390 g/mol. The van der Waals surface area contributed by atoms with Gasteiger partial charge in [0, 0.05) is 23.0 Å². The zero-order valence-electron chi connectivity index (χ0n) is 13.3. The third kappa shape index (κ3) is 5.05. The monoisotopic (exact) mass is 389 g/mol. The molecular formula is C15H17Cl2N3O5. The fourth-order valence-corrected chi connectivity index (χ4v) is 3.05. The maximum atomic E-state index is 8.36. The number of imidazole rings is 1. The highest BCUT2D eigenvalue weighted by atomic mass is 35.5. The summed E-state index contributed by atoms with van der Waals surface area (Å²) in [5.41, 5.74) is 0.790. The Kier molecular flexibility index (Phi) is 6.60. The molecular weight excluding hydrogens is 373 g/mol. The van der Waals surface area contributed by atoms with Gasteiger partial charge in [-0.2, -0.15) is 0 Å². The van der Waals surface area contributed by atoms with Gasteiger partial charge in [-0.25, -0.2) is 4.98 Å². The number of nitrogens with zero attached hydrogens (tertiary/aromatic N) is 3. The lowest BCUT2D eigenvalue weighted by molar-refractivity contribution is -0.742. The number of halogens is 2. The molecule has 0 amide bonds. The maximum absolute atomic E-state index is 8.36. The normalized spacial score (nSPS) is 22.3. The topological polar surface area (TPSA) is 99.7 Å². The van der Waals surface area contributed by atoms with Crippen molar-refractivity contribution in [3.05, 3.63) is 62.6 Å². The second kappa shape index (κ2) is 8.48. The van der Waals surface area contributed by atoms with Crippen molar-refractivity contribution in [3.63, 3.8) is 0 Å². The lowest BCUT2D eigenvalue weighted by Gasteiger charge is -2.29. The molecule has 0 aliphatic carbocycles. The number of ether oxygens (including phenoxy) is 2. The Bertz CT molecular complexity index is 709. The summed E-state index contributed by atoms with van der Waals surface area (Å²) in [6.07, 6.45) is 6.27. The molecule has 3 rings (SSSR count). The van der Waals surface area contributed by atoms with E-state index < -0.39 is 10.9 Å². The number of hydrogen-bond donors (Lipinski definition) is 1. The van der Waals surface area contributed by atoms with Gasteiger partial charge in [0.25, 0.3) is 5.09 Å². The summed E-state index contributed by atoms with van der Waals surface area (Å²) in [6, 6.07) is 5.37. The van der Waals surface area contributed by atoms with Gasteiger partial charge in [-0.1, -0.05) is 36.2 Å². The first-order valence-electron chi connectivity index (χ1n) is 7.42. The van der Waals surface area contributed by atoms with Crippen molar-refractivity contribution in [2.24, 2.45) is 0 Å². The summed E-state index contributed by atoms with van der Waals surface area (Å²) in [5.74, 6) is -0.900. The van der Waals surface area contributed by atoms with E-state index in [1.165, 1.54) is 0 Å². The standard InChI is InChI=1S/C15H16Cl2N2O2.HNO3/c1-2-12-8-20-15(21-12,9-19-6-5-18-10-19)13-4-3-11(16)7-14(13)17;2-1(3)4/h3-7,10,12H,2,8-9H2,1H3;(H,2,3,4)/t12-,15+;/m0./s1. The van der Waals surface area contributed by atoms with E-state index >= 15 is 0 Å². The van der Waals surface area contributed by atoms with Gasteiger partial charge in [0.1, 0.15) is 0 Å². The Morgan fingerprint density at radius 1 is 1.52 bits per heavy atom. The minimum Gasteiger partial charge on any atom is -0.342 e. The van der Waals surface area contributed by atoms with E-state index in [2.05, 4.69) is 11.9 Å². The molecule has 10 heteroatoms. The van der Waals surface area contributed by atoms with Crippen molar-refractivity contribution in [1.29, 1.82) is 0 Å². The summed E-state index contributed by atoms with van der Waals surface area (Å²) in [5, 5.41) is 14.8. The smallest absolute Gasteiger partial charge is 0.291 e. The van der Waals surface area contributed by atoms with Crippen molar-refractivity contribution >= 4 is 23.2 Å². The molecule has 0 saturated carbocycles. The van der Waals surface area contributed by atoms with Gasteiger partial charge in [-0.15, -0.1) is 10.1 Å². The minimum absolute atomic E-state index is 0.0558. The van der Waals surface area contributed by atoms with E-state index in [1.54, 1.807) is 24.7 Å². The van der Waals surface area contributed by atoms with Crippen molar-refractivity contribution in [3.8, 4) is 0 Å². The number of benzene rings is 1. The van der Waals surface area contributed by atoms with E-state index in [4.69, 9.17) is 48.0 Å². The van der Waals surface area contributed by atoms with E-state index in [1.807, 2.05) is 16.8 Å². The Morgan fingerprint density at radius 3 is 2.76 bits per heavy atom. The summed E-state index contributed by atoms with van der Waals surface area (Å²) >= 11 is 12.3. The van der Waals surface area contributed by atoms with Crippen LogP contribution in [0.15, 0.2) is 36.9 Å². The van der Waals surface area contributed by atoms with Crippen molar-refractivity contribution < 1.29 is 19.8 Å². The molecule has 1 aromatic carbocycles. The predicted octanol–water partition coefficient (Wildman–Crippen LogP) is 3.52. The van der Waals surface area contributed by atoms with Gasteiger partial charge in [-0.3, -0.25) is 0 Å². The highest BCUT2D eigenvalue weighted by Gasteiger charge is 2.44. The lowest BCUT2D eigenvalue weighted by atomic mass is 10.1. The highest BCUT2D eigenvalue weighted by molar-refractivity contribution is 6.35. The summed E-state index contributed by atoms with van der Waals surface area (Å²) < 4.78 is 14.1. The van der Waals surface area contributed by atoms with Crippen LogP contribution in [0.4, 0.5) is 0 Å². The summed E-state index contributed by atoms with van der Waals surface area (Å²) in [4.78, 5) is 12.4. The van der Waals surface area contributed by atoms with Crippen molar-refractivity contribution in [1.82, 2.24) is 9.55 Å². The number of aromatic nitrogens is 2. The molecule has 2 heterocycles. The van der Waals surface area contributed by atoms with Gasteiger partial charge < -0.3 is 19.2 Å². The molecule has 1 fully saturated rings. The SMILES string of the molecule is CC[C@H]1CO[C@@](Cn2ccnc2)(c2ccc(Cl)cc2Cl)O1.O=[N+]([O-])O. The number of rotatable bonds is 4. The maximum Gasteiger partial charge on any atom is 0.291 e. The van der Waals surface area contributed by atoms with Gasteiger partial charge in [0.2, 0.25) is 5.79 Å². The fraction of sp³-hybridized carbons (Fsp3) is 0.400. The van der Waals surface area contributed by atoms with Crippen LogP contribution in [0, 0.1) is 10.1 Å². The van der Waals surface area contributed by atoms with Gasteiger partial charge in [-0.05, 0) is 18.6 Å². The molecule has 136 valence electrons. The van der Waals surface area contributed by atoms with Crippen LogP contribution >= 0.6 is 23.2 Å². The summed E-state index contributed by atoms with van der Waals surface area (Å²) in [7, 11) is 0. The first kappa shape index (κ1) is 19.5. The molecule has 1 N–H and O–H groups in total. The van der Waals surface area contributed by atoms with Crippen LogP contribution in [-0.2, 0) is 21.8 Å². The number of hydrogen-bond acceptors (Lipinski definition) is 5. The fourth-order valence-electron chi connectivity index (χ4n) is 2.49. The molecule has 0 unspecified atom stereocenters. The van der Waals surface area contributed by atoms with Gasteiger partial charge in [0.05, 0.1) is 30.6 Å². The molecule has 1 aliphatic rings. The molecule has 1 aliphatic heterocycles. The molecule has 2 atom stereocenters. The first-order chi connectivity index (χ1) is 11.9. The summed E-state index contributed by atoms with van der Waals surface area (Å²) in [6.45, 7) is 3.11. The Balaban J connectivity index is 0.000000511. The Labute approximate surface area is 154 Å². The third-order valence-corrected chi connectivity index (χ3v) is 4.15. The van der Waals surface area contributed by atoms with Gasteiger partial charge >= 0.3 is 0 Å². The van der Waals surface area contributed by atoms with E-state index in [-0.39, 0.29) is 6.10 Å². The van der Waals surface area contributed by atoms with E-state index in [0.29, 0.717) is 23.2 Å². The van der Waals surface area contributed by atoms with Crippen molar-refractivity contribution in [2.45, 2.75) is 31.8 Å². The zero-order valence-corrected chi connectivity index (χ0v) is 14.9. The molecule has 0 spiro atoms. The second-order valence-corrected chi connectivity index (χ2v) is 6.15. The quantitative estimate of drug-likeness (QED) is 0.634. The molecule has 25 heavy (non-hydrogen) atoms. The molecule has 0 radical (unpaired) electrons. The third-order valence-electron chi connectivity index (χ3n) is 3.61. The highest BCUT2D eigenvalue weighted by Crippen LogP contribution is 2.40. The van der Waals surface area contributed by atoms with Crippen LogP contribution in [-0.4, -0.2) is 32.6 Å². The zero-order chi connectivity index (χ0) is 18.4. The van der Waals surface area contributed by atoms with Gasteiger partial charge in [0.15, 0.2) is 0 Å². The molecule has 8 nitrogen and oxygen atoms in total. The molecule has 1 saturated heterocycles. The largest absolute Gasteiger partial charge is 0.342 e. The van der Waals surface area contributed by atoms with Crippen LogP contribution < -0.4 is 0 Å². The van der Waals surface area contributed by atoms with E-state index in [9.17, 15) is 0 Å². The van der Waals surface area contributed by atoms with Crippen LogP contribution in [0.2, 0.25) is 10.0 Å². The van der Waals surface area contributed by atoms with Crippen molar-refractivity contribution in [2.75, 3.05) is 6.61 Å². The van der Waals surface area contributed by atoms with Crippen LogP contribution in [0.5, 0.6) is 0 Å². The van der Waals surface area contributed by atoms with Crippen LogP contribution in [0.3, 0.4) is 0 Å². The Morgan fingerprint density at radius 2 is 2.24 bits per heavy atom. The molecule has 0 bridgehead atoms. The average Bonchev–Trinajstić information content (AvgIpc) is 3.17. The van der Waals surface area contributed by atoms with Crippen LogP contribution in [0.25, 0.3) is 0 Å². The first-order valence-corrected chi connectivity index (χ1v) is 8.18. The molecule has 1 aromatic heterocycles. The van der Waals surface area contributed by atoms with Crippen LogP contribution in [0.1, 0.15) is 18.9 Å². The minimum atomic E-state index is -1.50.